The van der Waals surface area contributed by atoms with E-state index in [1.165, 1.54) is 0 Å². The molecule has 1 heterocycles. The van der Waals surface area contributed by atoms with Gasteiger partial charge in [0.15, 0.2) is 5.82 Å². The van der Waals surface area contributed by atoms with Crippen LogP contribution in [-0.2, 0) is 4.74 Å². The highest BCUT2D eigenvalue weighted by molar-refractivity contribution is 5.50. The normalized spacial score (nSPS) is 11.8. The van der Waals surface area contributed by atoms with E-state index in [9.17, 15) is 0 Å². The molecule has 5 nitrogen and oxygen atoms in total. The topological polar surface area (TPSA) is 84.8 Å². The molecule has 102 valence electrons. The molecular formula is C15H16N4O. The van der Waals surface area contributed by atoms with Crippen molar-refractivity contribution in [2.75, 3.05) is 12.3 Å². The van der Waals surface area contributed by atoms with Crippen LogP contribution in [0.3, 0.4) is 0 Å². The van der Waals surface area contributed by atoms with Gasteiger partial charge >= 0.3 is 0 Å². The van der Waals surface area contributed by atoms with Crippen LogP contribution < -0.4 is 5.73 Å². The fourth-order valence-corrected chi connectivity index (χ4v) is 1.99. The Labute approximate surface area is 118 Å². The molecule has 2 rings (SSSR count). The maximum absolute atomic E-state index is 9.01. The van der Waals surface area contributed by atoms with Crippen molar-refractivity contribution >= 4 is 5.82 Å². The van der Waals surface area contributed by atoms with Crippen LogP contribution in [0.15, 0.2) is 30.3 Å². The van der Waals surface area contributed by atoms with Gasteiger partial charge in [0.05, 0.1) is 5.69 Å². The Morgan fingerprint density at radius 1 is 1.30 bits per heavy atom. The van der Waals surface area contributed by atoms with E-state index in [1.807, 2.05) is 43.3 Å². The minimum atomic E-state index is -0.380. The monoisotopic (exact) mass is 268 g/mol. The lowest BCUT2D eigenvalue weighted by atomic mass is 10.1. The first-order valence-corrected chi connectivity index (χ1v) is 6.38. The van der Waals surface area contributed by atoms with Crippen LogP contribution in [0.2, 0.25) is 0 Å². The highest BCUT2D eigenvalue weighted by Gasteiger charge is 2.20. The largest absolute Gasteiger partial charge is 0.382 e. The summed E-state index contributed by atoms with van der Waals surface area (Å²) >= 11 is 0. The molecule has 0 fully saturated rings. The fourth-order valence-electron chi connectivity index (χ4n) is 1.99. The van der Waals surface area contributed by atoms with Gasteiger partial charge in [-0.15, -0.1) is 0 Å². The summed E-state index contributed by atoms with van der Waals surface area (Å²) in [6.45, 7) is 4.19. The van der Waals surface area contributed by atoms with Gasteiger partial charge in [-0.2, -0.15) is 5.26 Å². The first-order valence-electron chi connectivity index (χ1n) is 6.38. The van der Waals surface area contributed by atoms with Crippen LogP contribution in [0.4, 0.5) is 5.82 Å². The van der Waals surface area contributed by atoms with Crippen molar-refractivity contribution < 1.29 is 4.74 Å². The van der Waals surface area contributed by atoms with Crippen LogP contribution in [0.5, 0.6) is 0 Å². The second-order valence-corrected chi connectivity index (χ2v) is 4.29. The first-order chi connectivity index (χ1) is 9.67. The maximum atomic E-state index is 9.01. The lowest BCUT2D eigenvalue weighted by molar-refractivity contribution is 0.0851. The fraction of sp³-hybridized carbons (Fsp3) is 0.267. The number of ether oxygens (including phenoxy) is 1. The molecule has 0 aliphatic carbocycles. The summed E-state index contributed by atoms with van der Waals surface area (Å²) in [6.07, 6.45) is -0.380. The lowest BCUT2D eigenvalue weighted by Gasteiger charge is -2.17. The number of nitrogen functional groups attached to an aromatic ring is 1. The lowest BCUT2D eigenvalue weighted by Crippen LogP contribution is -2.13. The molecule has 1 atom stereocenters. The number of rotatable bonds is 4. The number of hydrogen-bond donors (Lipinski definition) is 1. The zero-order valence-corrected chi connectivity index (χ0v) is 11.5. The molecule has 0 aliphatic heterocycles. The van der Waals surface area contributed by atoms with Gasteiger partial charge in [0.2, 0.25) is 0 Å². The highest BCUT2D eigenvalue weighted by Crippen LogP contribution is 2.25. The van der Waals surface area contributed by atoms with Gasteiger partial charge in [-0.25, -0.2) is 9.97 Å². The van der Waals surface area contributed by atoms with Crippen LogP contribution in [0, 0.1) is 18.3 Å². The van der Waals surface area contributed by atoms with E-state index in [0.717, 1.165) is 5.56 Å². The quantitative estimate of drug-likeness (QED) is 0.920. The number of hydrogen-bond acceptors (Lipinski definition) is 5. The van der Waals surface area contributed by atoms with Crippen molar-refractivity contribution in [1.29, 1.82) is 5.26 Å². The van der Waals surface area contributed by atoms with E-state index in [2.05, 4.69) is 9.97 Å². The molecule has 2 aromatic rings. The third-order valence-electron chi connectivity index (χ3n) is 2.92. The van der Waals surface area contributed by atoms with E-state index in [1.54, 1.807) is 6.92 Å². The van der Waals surface area contributed by atoms with Gasteiger partial charge in [0.25, 0.3) is 0 Å². The molecule has 1 aromatic heterocycles. The van der Waals surface area contributed by atoms with E-state index in [0.29, 0.717) is 23.7 Å². The summed E-state index contributed by atoms with van der Waals surface area (Å²) in [5.41, 5.74) is 7.65. The molecular weight excluding hydrogens is 252 g/mol. The second kappa shape index (κ2) is 6.13. The summed E-state index contributed by atoms with van der Waals surface area (Å²) < 4.78 is 5.73. The van der Waals surface area contributed by atoms with Crippen molar-refractivity contribution in [1.82, 2.24) is 9.97 Å². The zero-order valence-electron chi connectivity index (χ0n) is 11.5. The predicted octanol–water partition coefficient (Wildman–Crippen LogP) is 2.36. The van der Waals surface area contributed by atoms with Gasteiger partial charge in [-0.05, 0) is 19.4 Å². The summed E-state index contributed by atoms with van der Waals surface area (Å²) in [7, 11) is 0. The summed E-state index contributed by atoms with van der Waals surface area (Å²) in [6, 6.07) is 11.7. The molecule has 0 radical (unpaired) electrons. The van der Waals surface area contributed by atoms with Crippen molar-refractivity contribution in [3.05, 3.63) is 53.0 Å². The average molecular weight is 268 g/mol. The Morgan fingerprint density at radius 2 is 2.00 bits per heavy atom. The van der Waals surface area contributed by atoms with Crippen LogP contribution in [0.1, 0.15) is 35.7 Å². The van der Waals surface area contributed by atoms with Crippen molar-refractivity contribution in [3.8, 4) is 6.07 Å². The number of nitrogens with zero attached hydrogens (tertiary/aromatic N) is 3. The van der Waals surface area contributed by atoms with E-state index < -0.39 is 0 Å². The summed E-state index contributed by atoms with van der Waals surface area (Å²) in [5.74, 6) is 0.669. The Morgan fingerprint density at radius 3 is 2.55 bits per heavy atom. The van der Waals surface area contributed by atoms with Crippen LogP contribution >= 0.6 is 0 Å². The number of nitrogens with two attached hydrogens (primary N) is 1. The highest BCUT2D eigenvalue weighted by atomic mass is 16.5. The Balaban J connectivity index is 2.48. The van der Waals surface area contributed by atoms with Gasteiger partial charge in [0, 0.05) is 6.61 Å². The third-order valence-corrected chi connectivity index (χ3v) is 2.92. The molecule has 0 spiro atoms. The second-order valence-electron chi connectivity index (χ2n) is 4.29. The average Bonchev–Trinajstić information content (AvgIpc) is 2.45. The molecule has 0 bridgehead atoms. The van der Waals surface area contributed by atoms with E-state index in [4.69, 9.17) is 15.7 Å². The third kappa shape index (κ3) is 2.76. The van der Waals surface area contributed by atoms with Gasteiger partial charge in [-0.3, -0.25) is 0 Å². The molecule has 0 saturated carbocycles. The smallest absolute Gasteiger partial charge is 0.164 e. The van der Waals surface area contributed by atoms with E-state index in [-0.39, 0.29) is 11.9 Å². The van der Waals surface area contributed by atoms with Crippen molar-refractivity contribution in [3.63, 3.8) is 0 Å². The predicted molar refractivity (Wildman–Crippen MR) is 75.8 cm³/mol. The number of aryl methyl sites for hydroxylation is 1. The first kappa shape index (κ1) is 14.0. The summed E-state index contributed by atoms with van der Waals surface area (Å²) in [4.78, 5) is 8.58. The van der Waals surface area contributed by atoms with Gasteiger partial charge in [-0.1, -0.05) is 30.3 Å². The molecule has 1 unspecified atom stereocenters. The summed E-state index contributed by atoms with van der Waals surface area (Å²) in [5, 5.41) is 9.01. The minimum absolute atomic E-state index is 0.190. The standard InChI is InChI=1S/C15H16N4O/c1-3-20-13(11-7-5-4-6-8-11)15-18-10(2)12(9-16)14(17)19-15/h4-8,13H,3H2,1-2H3,(H2,17,18,19). The number of benzene rings is 1. The zero-order chi connectivity index (χ0) is 14.5. The molecule has 0 amide bonds. The van der Waals surface area contributed by atoms with Crippen molar-refractivity contribution in [2.24, 2.45) is 0 Å². The Kier molecular flexibility index (Phi) is 4.28. The number of anilines is 1. The molecule has 0 aliphatic rings. The molecule has 1 aromatic carbocycles. The van der Waals surface area contributed by atoms with Gasteiger partial charge in [0.1, 0.15) is 23.6 Å². The maximum Gasteiger partial charge on any atom is 0.164 e. The molecule has 5 heteroatoms. The molecule has 20 heavy (non-hydrogen) atoms. The molecule has 0 saturated heterocycles. The Hall–Kier alpha value is -2.45. The van der Waals surface area contributed by atoms with E-state index >= 15 is 0 Å². The van der Waals surface area contributed by atoms with Crippen LogP contribution in [0.25, 0.3) is 0 Å². The van der Waals surface area contributed by atoms with Crippen LogP contribution in [-0.4, -0.2) is 16.6 Å². The number of aromatic nitrogens is 2. The SMILES string of the molecule is CCOC(c1ccccc1)c1nc(C)c(C#N)c(N)n1. The Bertz CT molecular complexity index is 611. The van der Waals surface area contributed by atoms with Gasteiger partial charge < -0.3 is 10.5 Å². The number of nitriles is 1. The molecule has 2 N–H and O–H groups in total. The van der Waals surface area contributed by atoms with Crippen molar-refractivity contribution in [2.45, 2.75) is 20.0 Å². The minimum Gasteiger partial charge on any atom is -0.382 e.